The zero-order valence-electron chi connectivity index (χ0n) is 10.9. The first-order valence-corrected chi connectivity index (χ1v) is 6.12. The fourth-order valence-electron chi connectivity index (χ4n) is 1.84. The highest BCUT2D eigenvalue weighted by Crippen LogP contribution is 2.26. The highest BCUT2D eigenvalue weighted by Gasteiger charge is 2.13. The number of benzene rings is 2. The van der Waals surface area contributed by atoms with Crippen LogP contribution in [0.2, 0.25) is 0 Å². The van der Waals surface area contributed by atoms with Gasteiger partial charge in [0, 0.05) is 5.56 Å². The van der Waals surface area contributed by atoms with Crippen molar-refractivity contribution >= 4 is 17.6 Å². The second-order valence-electron chi connectivity index (χ2n) is 4.15. The van der Waals surface area contributed by atoms with Crippen molar-refractivity contribution in [3.63, 3.8) is 0 Å². The van der Waals surface area contributed by atoms with Crippen molar-refractivity contribution in [2.45, 2.75) is 6.61 Å². The van der Waals surface area contributed by atoms with E-state index in [0.717, 1.165) is 0 Å². The van der Waals surface area contributed by atoms with Crippen LogP contribution in [0.25, 0.3) is 11.6 Å². The van der Waals surface area contributed by atoms with Gasteiger partial charge in [0.1, 0.15) is 5.75 Å². The van der Waals surface area contributed by atoms with Crippen LogP contribution < -0.4 is 4.74 Å². The highest BCUT2D eigenvalue weighted by molar-refractivity contribution is 6.20. The van der Waals surface area contributed by atoms with Crippen LogP contribution in [0, 0.1) is 0 Å². The van der Waals surface area contributed by atoms with Gasteiger partial charge in [-0.05, 0) is 17.7 Å². The molecule has 0 aliphatic heterocycles. The van der Waals surface area contributed by atoms with Gasteiger partial charge in [-0.3, -0.25) is 0 Å². The number of para-hydroxylation sites is 1. The minimum absolute atomic E-state index is 0.000848. The smallest absolute Gasteiger partial charge is 0.387 e. The Bertz CT molecular complexity index is 652. The Morgan fingerprint density at radius 1 is 1.05 bits per heavy atom. The van der Waals surface area contributed by atoms with E-state index in [2.05, 4.69) is 4.74 Å². The lowest BCUT2D eigenvalue weighted by molar-refractivity contribution is -0.130. The Kier molecular flexibility index (Phi) is 4.66. The Hall–Kier alpha value is -2.69. The van der Waals surface area contributed by atoms with Crippen LogP contribution in [0.4, 0.5) is 8.78 Å². The van der Waals surface area contributed by atoms with E-state index in [0.29, 0.717) is 5.56 Å². The number of hydrogen-bond donors (Lipinski definition) is 1. The monoisotopic (exact) mass is 290 g/mol. The maximum Gasteiger partial charge on any atom is 0.387 e. The Balaban J connectivity index is 2.47. The summed E-state index contributed by atoms with van der Waals surface area (Å²) < 4.78 is 29.1. The Labute approximate surface area is 120 Å². The first kappa shape index (κ1) is 14.7. The van der Waals surface area contributed by atoms with Crippen LogP contribution in [0.3, 0.4) is 0 Å². The number of aliphatic carboxylic acids is 1. The Morgan fingerprint density at radius 3 is 2.29 bits per heavy atom. The van der Waals surface area contributed by atoms with Crippen molar-refractivity contribution in [1.82, 2.24) is 0 Å². The van der Waals surface area contributed by atoms with Crippen molar-refractivity contribution in [3.05, 3.63) is 65.7 Å². The van der Waals surface area contributed by atoms with Gasteiger partial charge < -0.3 is 9.84 Å². The third kappa shape index (κ3) is 3.89. The molecule has 0 aliphatic rings. The van der Waals surface area contributed by atoms with E-state index in [4.69, 9.17) is 0 Å². The van der Waals surface area contributed by atoms with Gasteiger partial charge in [0.15, 0.2) is 0 Å². The molecule has 0 unspecified atom stereocenters. The summed E-state index contributed by atoms with van der Waals surface area (Å²) in [7, 11) is 0. The summed E-state index contributed by atoms with van der Waals surface area (Å²) in [5.41, 5.74) is 0.761. The van der Waals surface area contributed by atoms with Crippen molar-refractivity contribution in [1.29, 1.82) is 0 Å². The largest absolute Gasteiger partial charge is 0.478 e. The van der Waals surface area contributed by atoms with E-state index in [1.807, 2.05) is 0 Å². The van der Waals surface area contributed by atoms with Gasteiger partial charge in [-0.25, -0.2) is 4.79 Å². The van der Waals surface area contributed by atoms with E-state index < -0.39 is 12.6 Å². The molecule has 0 aliphatic carbocycles. The SMILES string of the molecule is O=C(O)C(=Cc1ccccc1OC(F)F)c1ccccc1. The summed E-state index contributed by atoms with van der Waals surface area (Å²) >= 11 is 0. The lowest BCUT2D eigenvalue weighted by atomic mass is 10.0. The second-order valence-corrected chi connectivity index (χ2v) is 4.15. The van der Waals surface area contributed by atoms with Crippen molar-refractivity contribution in [3.8, 4) is 5.75 Å². The summed E-state index contributed by atoms with van der Waals surface area (Å²) in [5.74, 6) is -1.21. The van der Waals surface area contributed by atoms with Crippen LogP contribution in [0.15, 0.2) is 54.6 Å². The molecule has 0 aromatic heterocycles. The van der Waals surface area contributed by atoms with E-state index >= 15 is 0 Å². The van der Waals surface area contributed by atoms with Gasteiger partial charge in [0.2, 0.25) is 0 Å². The number of halogens is 2. The van der Waals surface area contributed by atoms with E-state index in [-0.39, 0.29) is 16.9 Å². The van der Waals surface area contributed by atoms with E-state index in [9.17, 15) is 18.7 Å². The summed E-state index contributed by atoms with van der Waals surface area (Å²) in [6.45, 7) is -2.97. The lowest BCUT2D eigenvalue weighted by Crippen LogP contribution is -2.04. The molecule has 2 aromatic carbocycles. The van der Waals surface area contributed by atoms with E-state index in [1.165, 1.54) is 24.3 Å². The van der Waals surface area contributed by atoms with Gasteiger partial charge in [-0.1, -0.05) is 48.5 Å². The molecular formula is C16H12F2O3. The molecule has 1 N–H and O–H groups in total. The molecule has 2 aromatic rings. The summed E-state index contributed by atoms with van der Waals surface area (Å²) in [6, 6.07) is 14.5. The summed E-state index contributed by atoms with van der Waals surface area (Å²) in [5, 5.41) is 9.30. The van der Waals surface area contributed by atoms with Gasteiger partial charge in [0.05, 0.1) is 5.57 Å². The first-order chi connectivity index (χ1) is 10.1. The minimum atomic E-state index is -2.97. The van der Waals surface area contributed by atoms with Crippen LogP contribution in [0.5, 0.6) is 5.75 Å². The summed E-state index contributed by atoms with van der Waals surface area (Å²) in [4.78, 5) is 11.4. The fourth-order valence-corrected chi connectivity index (χ4v) is 1.84. The molecule has 0 saturated heterocycles. The maximum absolute atomic E-state index is 12.4. The van der Waals surface area contributed by atoms with Crippen LogP contribution in [-0.2, 0) is 4.79 Å². The summed E-state index contributed by atoms with van der Waals surface area (Å²) in [6.07, 6.45) is 1.31. The zero-order chi connectivity index (χ0) is 15.2. The van der Waals surface area contributed by atoms with Crippen LogP contribution >= 0.6 is 0 Å². The van der Waals surface area contributed by atoms with Gasteiger partial charge in [0.25, 0.3) is 0 Å². The normalized spacial score (nSPS) is 11.5. The third-order valence-corrected chi connectivity index (χ3v) is 2.75. The molecule has 0 fully saturated rings. The molecule has 3 nitrogen and oxygen atoms in total. The minimum Gasteiger partial charge on any atom is -0.478 e. The number of carboxylic acids is 1. The molecule has 0 amide bonds. The van der Waals surface area contributed by atoms with Gasteiger partial charge >= 0.3 is 12.6 Å². The maximum atomic E-state index is 12.4. The number of carboxylic acid groups (broad SMARTS) is 1. The van der Waals surface area contributed by atoms with Gasteiger partial charge in [-0.15, -0.1) is 0 Å². The van der Waals surface area contributed by atoms with E-state index in [1.54, 1.807) is 36.4 Å². The molecule has 2 rings (SSSR count). The van der Waals surface area contributed by atoms with Crippen LogP contribution in [0.1, 0.15) is 11.1 Å². The number of ether oxygens (including phenoxy) is 1. The van der Waals surface area contributed by atoms with Gasteiger partial charge in [-0.2, -0.15) is 8.78 Å². The number of alkyl halides is 2. The average molecular weight is 290 g/mol. The molecule has 21 heavy (non-hydrogen) atoms. The number of hydrogen-bond acceptors (Lipinski definition) is 2. The number of rotatable bonds is 5. The molecule has 0 heterocycles. The molecule has 0 radical (unpaired) electrons. The molecule has 0 bridgehead atoms. The first-order valence-electron chi connectivity index (χ1n) is 6.12. The Morgan fingerprint density at radius 2 is 1.67 bits per heavy atom. The fraction of sp³-hybridized carbons (Fsp3) is 0.0625. The quantitative estimate of drug-likeness (QED) is 0.670. The molecule has 5 heteroatoms. The molecule has 108 valence electrons. The molecule has 0 spiro atoms. The standard InChI is InChI=1S/C16H12F2O3/c17-16(18)21-14-9-5-4-8-12(14)10-13(15(19)20)11-6-2-1-3-7-11/h1-10,16H,(H,19,20). The topological polar surface area (TPSA) is 46.5 Å². The number of carbonyl (C=O) groups is 1. The molecular weight excluding hydrogens is 278 g/mol. The van der Waals surface area contributed by atoms with Crippen LogP contribution in [-0.4, -0.2) is 17.7 Å². The predicted octanol–water partition coefficient (Wildman–Crippen LogP) is 3.91. The molecule has 0 atom stereocenters. The van der Waals surface area contributed by atoms with Crippen molar-refractivity contribution < 1.29 is 23.4 Å². The highest BCUT2D eigenvalue weighted by atomic mass is 19.3. The molecule has 0 saturated carbocycles. The lowest BCUT2D eigenvalue weighted by Gasteiger charge is -2.09. The third-order valence-electron chi connectivity index (χ3n) is 2.75. The van der Waals surface area contributed by atoms with Crippen molar-refractivity contribution in [2.75, 3.05) is 0 Å². The average Bonchev–Trinajstić information content (AvgIpc) is 2.46. The van der Waals surface area contributed by atoms with Crippen molar-refractivity contribution in [2.24, 2.45) is 0 Å². The zero-order valence-corrected chi connectivity index (χ0v) is 10.9. The predicted molar refractivity (Wildman–Crippen MR) is 75.0 cm³/mol. The second kappa shape index (κ2) is 6.65.